The smallest absolute Gasteiger partial charge is 0.346 e. The number of hydrogen-bond donors (Lipinski definition) is 7. The van der Waals surface area contributed by atoms with Crippen LogP contribution in [0, 0.1) is 0 Å². The van der Waals surface area contributed by atoms with Crippen LogP contribution in [0.2, 0.25) is 0 Å². The quantitative estimate of drug-likeness (QED) is 0.131. The molecule has 0 spiro atoms. The van der Waals surface area contributed by atoms with Gasteiger partial charge in [0, 0.05) is 6.42 Å². The van der Waals surface area contributed by atoms with Crippen LogP contribution < -0.4 is 5.73 Å². The molecule has 158 valence electrons. The van der Waals surface area contributed by atoms with Crippen molar-refractivity contribution in [3.63, 3.8) is 0 Å². The predicted molar refractivity (Wildman–Crippen MR) is 78.7 cm³/mol. The van der Waals surface area contributed by atoms with Gasteiger partial charge in [-0.3, -0.25) is 4.79 Å². The molecule has 15 heteroatoms. The highest BCUT2D eigenvalue weighted by atomic mass is 16.6. The Morgan fingerprint density at radius 2 is 1.07 bits per heavy atom. The third-order valence-electron chi connectivity index (χ3n) is 2.96. The molecule has 8 N–H and O–H groups in total. The van der Waals surface area contributed by atoms with Crippen LogP contribution in [0.5, 0.6) is 0 Å². The first-order valence-electron chi connectivity index (χ1n) is 7.23. The second-order valence-electron chi connectivity index (χ2n) is 5.13. The lowest BCUT2D eigenvalue weighted by molar-refractivity contribution is -0.176. The molecule has 4 unspecified atom stereocenters. The van der Waals surface area contributed by atoms with E-state index in [2.05, 4.69) is 9.47 Å². The summed E-state index contributed by atoms with van der Waals surface area (Å²) < 4.78 is 8.05. The number of esters is 4. The average Bonchev–Trinajstić information content (AvgIpc) is 2.62. The molecule has 0 rings (SSSR count). The molecule has 28 heavy (non-hydrogen) atoms. The molecule has 0 aromatic rings. The molecule has 0 radical (unpaired) electrons. The summed E-state index contributed by atoms with van der Waals surface area (Å²) in [6.07, 6.45) is -11.6. The van der Waals surface area contributed by atoms with Gasteiger partial charge in [-0.25, -0.2) is 24.0 Å². The molecule has 0 heterocycles. The monoisotopic (exact) mass is 411 g/mol. The van der Waals surface area contributed by atoms with Gasteiger partial charge >= 0.3 is 35.8 Å². The van der Waals surface area contributed by atoms with E-state index in [1.807, 2.05) is 0 Å². The van der Waals surface area contributed by atoms with Gasteiger partial charge in [-0.2, -0.15) is 0 Å². The first-order valence-corrected chi connectivity index (χ1v) is 7.23. The van der Waals surface area contributed by atoms with Crippen molar-refractivity contribution in [2.75, 3.05) is 0 Å². The number of carboxylic acids is 2. The lowest BCUT2D eigenvalue weighted by Gasteiger charge is -2.15. The van der Waals surface area contributed by atoms with Crippen molar-refractivity contribution in [3.8, 4) is 0 Å². The first-order chi connectivity index (χ1) is 12.8. The Bertz CT molecular complexity index is 645. The Kier molecular flexibility index (Phi) is 9.83. The number of aliphatic hydroxyl groups excluding tert-OH is 4. The van der Waals surface area contributed by atoms with Crippen molar-refractivity contribution in [3.05, 3.63) is 0 Å². The molecule has 0 aromatic heterocycles. The van der Waals surface area contributed by atoms with Gasteiger partial charge in [0.25, 0.3) is 0 Å². The van der Waals surface area contributed by atoms with Crippen molar-refractivity contribution >= 4 is 35.8 Å². The van der Waals surface area contributed by atoms with E-state index in [0.717, 1.165) is 0 Å². The second kappa shape index (κ2) is 11.0. The molecule has 0 aliphatic carbocycles. The van der Waals surface area contributed by atoms with Crippen LogP contribution in [0.15, 0.2) is 0 Å². The first kappa shape index (κ1) is 25.0. The lowest BCUT2D eigenvalue weighted by Crippen LogP contribution is -2.44. The molecule has 15 nitrogen and oxygen atoms in total. The third-order valence-corrected chi connectivity index (χ3v) is 2.96. The largest absolute Gasteiger partial charge is 0.479 e. The molecule has 0 saturated heterocycles. The maximum atomic E-state index is 11.5. The Labute approximate surface area is 154 Å². The van der Waals surface area contributed by atoms with E-state index in [-0.39, 0.29) is 0 Å². The van der Waals surface area contributed by atoms with Crippen LogP contribution in [-0.4, -0.2) is 96.9 Å². The van der Waals surface area contributed by atoms with Gasteiger partial charge in [0.2, 0.25) is 0 Å². The molecule has 0 aromatic carbocycles. The molecule has 0 aliphatic heterocycles. The maximum absolute atomic E-state index is 11.5. The van der Waals surface area contributed by atoms with Crippen molar-refractivity contribution in [1.82, 2.24) is 0 Å². The van der Waals surface area contributed by atoms with E-state index in [1.54, 1.807) is 0 Å². The maximum Gasteiger partial charge on any atom is 0.346 e. The minimum atomic E-state index is -2.58. The van der Waals surface area contributed by atoms with Crippen molar-refractivity contribution < 1.29 is 68.9 Å². The summed E-state index contributed by atoms with van der Waals surface area (Å²) >= 11 is 0. The Morgan fingerprint density at radius 3 is 1.46 bits per heavy atom. The van der Waals surface area contributed by atoms with E-state index >= 15 is 0 Å². The highest BCUT2D eigenvalue weighted by Crippen LogP contribution is 2.05. The average molecular weight is 411 g/mol. The van der Waals surface area contributed by atoms with Gasteiger partial charge in [0.15, 0.2) is 24.4 Å². The van der Waals surface area contributed by atoms with Gasteiger partial charge < -0.3 is 45.8 Å². The third kappa shape index (κ3) is 7.72. The number of carbonyl (C=O) groups is 6. The SMILES string of the molecule is N[C@@H](CCC(=O)OC(=O)C(O)C(O)C(=O)O)C(=O)OC(=O)C(O)C(O)C(=O)O. The van der Waals surface area contributed by atoms with Crippen molar-refractivity contribution in [1.29, 1.82) is 0 Å². The summed E-state index contributed by atoms with van der Waals surface area (Å²) in [5, 5.41) is 52.9. The van der Waals surface area contributed by atoms with Gasteiger partial charge in [-0.15, -0.1) is 0 Å². The van der Waals surface area contributed by atoms with Crippen LogP contribution in [0.25, 0.3) is 0 Å². The number of aliphatic hydroxyl groups is 4. The normalized spacial score (nSPS) is 16.0. The number of nitrogens with two attached hydrogens (primary N) is 1. The number of hydrogen-bond acceptors (Lipinski definition) is 13. The molecular weight excluding hydrogens is 394 g/mol. The van der Waals surface area contributed by atoms with Crippen LogP contribution in [-0.2, 0) is 38.2 Å². The van der Waals surface area contributed by atoms with Gasteiger partial charge in [0.05, 0.1) is 0 Å². The second-order valence-corrected chi connectivity index (χ2v) is 5.13. The van der Waals surface area contributed by atoms with E-state index in [4.69, 9.17) is 36.4 Å². The van der Waals surface area contributed by atoms with Crippen LogP contribution >= 0.6 is 0 Å². The molecule has 0 fully saturated rings. The zero-order valence-electron chi connectivity index (χ0n) is 13.8. The van der Waals surface area contributed by atoms with Gasteiger partial charge in [-0.05, 0) is 6.42 Å². The molecule has 0 bridgehead atoms. The molecular formula is C13H17NO14. The zero-order valence-corrected chi connectivity index (χ0v) is 13.8. The molecule has 0 amide bonds. The van der Waals surface area contributed by atoms with Crippen molar-refractivity contribution in [2.24, 2.45) is 5.73 Å². The predicted octanol–water partition coefficient (Wildman–Crippen LogP) is -5.15. The van der Waals surface area contributed by atoms with E-state index < -0.39 is 79.1 Å². The fourth-order valence-corrected chi connectivity index (χ4v) is 1.38. The summed E-state index contributed by atoms with van der Waals surface area (Å²) in [5.74, 6) is -10.4. The number of ether oxygens (including phenoxy) is 2. The fourth-order valence-electron chi connectivity index (χ4n) is 1.38. The summed E-state index contributed by atoms with van der Waals surface area (Å²) in [6.45, 7) is 0. The van der Waals surface area contributed by atoms with Crippen molar-refractivity contribution in [2.45, 2.75) is 43.3 Å². The number of aliphatic carboxylic acids is 2. The van der Waals surface area contributed by atoms with Crippen LogP contribution in [0.3, 0.4) is 0 Å². The summed E-state index contributed by atoms with van der Waals surface area (Å²) in [5.41, 5.74) is 5.28. The number of carbonyl (C=O) groups excluding carboxylic acids is 4. The van der Waals surface area contributed by atoms with Gasteiger partial charge in [-0.1, -0.05) is 0 Å². The van der Waals surface area contributed by atoms with E-state index in [9.17, 15) is 28.8 Å². The minimum Gasteiger partial charge on any atom is -0.479 e. The highest BCUT2D eigenvalue weighted by Gasteiger charge is 2.35. The Morgan fingerprint density at radius 1 is 0.679 bits per heavy atom. The molecule has 0 aliphatic rings. The summed E-state index contributed by atoms with van der Waals surface area (Å²) in [6, 6.07) is -1.68. The number of rotatable bonds is 10. The summed E-state index contributed by atoms with van der Waals surface area (Å²) in [7, 11) is 0. The highest BCUT2D eigenvalue weighted by molar-refractivity contribution is 5.94. The molecule has 5 atom stereocenters. The number of carboxylic acid groups (broad SMARTS) is 2. The van der Waals surface area contributed by atoms with Crippen LogP contribution in [0.4, 0.5) is 0 Å². The van der Waals surface area contributed by atoms with E-state index in [1.165, 1.54) is 0 Å². The summed E-state index contributed by atoms with van der Waals surface area (Å²) in [4.78, 5) is 66.1. The topological polar surface area (TPSA) is 268 Å². The lowest BCUT2D eigenvalue weighted by atomic mass is 10.1. The van der Waals surface area contributed by atoms with E-state index in [0.29, 0.717) is 0 Å². The zero-order chi connectivity index (χ0) is 22.2. The van der Waals surface area contributed by atoms with Crippen LogP contribution in [0.1, 0.15) is 12.8 Å². The Balaban J connectivity index is 4.51. The molecule has 0 saturated carbocycles. The van der Waals surface area contributed by atoms with Gasteiger partial charge in [0.1, 0.15) is 6.04 Å². The Hall–Kier alpha value is -2.98. The fraction of sp³-hybridized carbons (Fsp3) is 0.538. The standard InChI is InChI=1S/C13H17NO14/c14-3(11(24)28-13(26)8(19)6(17)10(22)23)1-2-4(15)27-12(25)7(18)5(16)9(20)21/h3,5-8,16-19H,1-2,14H2,(H,20,21)(H,22,23)/t3-,5?,6?,7?,8?/m0/s1. The minimum absolute atomic E-state index is 0.590.